The van der Waals surface area contributed by atoms with Gasteiger partial charge in [-0.3, -0.25) is 4.98 Å². The van der Waals surface area contributed by atoms with E-state index in [2.05, 4.69) is 80.4 Å². The Balaban J connectivity index is 1.96. The molecule has 0 spiro atoms. The molecule has 1 atom stereocenters. The van der Waals surface area contributed by atoms with Gasteiger partial charge in [0.25, 0.3) is 0 Å². The van der Waals surface area contributed by atoms with Crippen molar-refractivity contribution in [2.24, 2.45) is 0 Å². The van der Waals surface area contributed by atoms with E-state index in [-0.39, 0.29) is 6.04 Å². The molecule has 0 fully saturated rings. The van der Waals surface area contributed by atoms with Crippen molar-refractivity contribution in [3.63, 3.8) is 0 Å². The van der Waals surface area contributed by atoms with Gasteiger partial charge >= 0.3 is 0 Å². The lowest BCUT2D eigenvalue weighted by molar-refractivity contribution is 0.880. The van der Waals surface area contributed by atoms with Crippen LogP contribution in [0.4, 0.5) is 5.69 Å². The Hall–Kier alpha value is -3.61. The number of nitrogens with zero attached hydrogens (tertiary/aromatic N) is 1. The number of pyridine rings is 1. The molecule has 1 N–H and O–H groups in total. The van der Waals surface area contributed by atoms with Gasteiger partial charge in [-0.2, -0.15) is 0 Å². The fourth-order valence-corrected chi connectivity index (χ4v) is 3.66. The molecule has 0 radical (unpaired) electrons. The molecule has 3 aromatic rings. The number of nitrogens with one attached hydrogen (secondary N) is 1. The Morgan fingerprint density at radius 1 is 0.871 bits per heavy atom. The summed E-state index contributed by atoms with van der Waals surface area (Å²) in [6.07, 6.45) is 11.7. The van der Waals surface area contributed by atoms with E-state index < -0.39 is 0 Å². The van der Waals surface area contributed by atoms with E-state index >= 15 is 0 Å². The van der Waals surface area contributed by atoms with Gasteiger partial charge in [0.15, 0.2) is 0 Å². The number of rotatable bonds is 7. The molecule has 0 saturated heterocycles. The highest BCUT2D eigenvalue weighted by Gasteiger charge is 2.17. The van der Waals surface area contributed by atoms with Gasteiger partial charge in [-0.1, -0.05) is 72.3 Å². The molecule has 0 amide bonds. The van der Waals surface area contributed by atoms with Crippen LogP contribution in [-0.4, -0.2) is 4.98 Å². The zero-order chi connectivity index (χ0) is 22.1. The lowest BCUT2D eigenvalue weighted by atomic mass is 9.99. The third-order valence-corrected chi connectivity index (χ3v) is 5.03. The maximum absolute atomic E-state index is 4.94. The molecule has 3 rings (SSSR count). The van der Waals surface area contributed by atoms with E-state index in [1.165, 1.54) is 27.9 Å². The van der Waals surface area contributed by atoms with E-state index in [0.717, 1.165) is 11.4 Å². The summed E-state index contributed by atoms with van der Waals surface area (Å²) in [5, 5.41) is 3.77. The molecule has 0 aliphatic heterocycles. The van der Waals surface area contributed by atoms with Crippen molar-refractivity contribution < 1.29 is 0 Å². The number of aromatic nitrogens is 1. The molecule has 0 aliphatic carbocycles. The second-order valence-electron chi connectivity index (χ2n) is 7.63. The van der Waals surface area contributed by atoms with Gasteiger partial charge < -0.3 is 5.32 Å². The Kier molecular flexibility index (Phi) is 7.81. The van der Waals surface area contributed by atoms with Crippen LogP contribution in [-0.2, 0) is 0 Å². The third-order valence-electron chi connectivity index (χ3n) is 5.03. The molecule has 1 unspecified atom stereocenters. The zero-order valence-electron chi connectivity index (χ0n) is 18.8. The van der Waals surface area contributed by atoms with Crippen molar-refractivity contribution in [1.82, 2.24) is 4.98 Å². The summed E-state index contributed by atoms with van der Waals surface area (Å²) in [6, 6.07) is 21.1. The van der Waals surface area contributed by atoms with Crippen LogP contribution in [0.1, 0.15) is 46.6 Å². The van der Waals surface area contributed by atoms with Gasteiger partial charge in [-0.05, 0) is 74.7 Å². The number of hydrogen-bond donors (Lipinski definition) is 1. The highest BCUT2D eigenvalue weighted by molar-refractivity contribution is 5.60. The minimum absolute atomic E-state index is 0.0419. The zero-order valence-corrected chi connectivity index (χ0v) is 18.8. The maximum Gasteiger partial charge on any atom is 0.0940 e. The first-order valence-corrected chi connectivity index (χ1v) is 10.6. The fourth-order valence-electron chi connectivity index (χ4n) is 3.66. The second kappa shape index (κ2) is 11.0. The number of aryl methyl sites for hydroxylation is 3. The SMILES string of the molecule is C/C=C\C=C=C/C=C/c1cccc(C(Nc2c(C)cc(C)cc2C)c2ccccc2)n1. The van der Waals surface area contributed by atoms with Crippen LogP contribution in [0.25, 0.3) is 6.08 Å². The molecule has 0 bridgehead atoms. The quantitative estimate of drug-likeness (QED) is 0.324. The third kappa shape index (κ3) is 6.18. The van der Waals surface area contributed by atoms with Gasteiger partial charge in [0.1, 0.15) is 0 Å². The molecule has 2 nitrogen and oxygen atoms in total. The minimum Gasteiger partial charge on any atom is -0.372 e. The Labute approximate surface area is 186 Å². The molecule has 2 heteroatoms. The van der Waals surface area contributed by atoms with Crippen LogP contribution in [0.5, 0.6) is 0 Å². The Morgan fingerprint density at radius 2 is 1.58 bits per heavy atom. The van der Waals surface area contributed by atoms with Crippen LogP contribution in [0.3, 0.4) is 0 Å². The van der Waals surface area contributed by atoms with E-state index in [9.17, 15) is 0 Å². The summed E-state index contributed by atoms with van der Waals surface area (Å²) in [4.78, 5) is 4.94. The van der Waals surface area contributed by atoms with Crippen molar-refractivity contribution >= 4 is 11.8 Å². The highest BCUT2D eigenvalue weighted by atomic mass is 15.0. The van der Waals surface area contributed by atoms with Gasteiger partial charge in [0, 0.05) is 5.69 Å². The molecule has 0 saturated carbocycles. The van der Waals surface area contributed by atoms with Crippen LogP contribution < -0.4 is 5.32 Å². The standard InChI is InChI=1S/C29H30N2/c1-5-6-7-8-9-13-17-26-18-14-19-27(30-26)29(25-15-11-10-12-16-25)31-28-23(3)20-22(2)21-24(28)4/h5-7,9-21,29,31H,1-4H3/b6-5-,17-13+. The highest BCUT2D eigenvalue weighted by Crippen LogP contribution is 2.30. The summed E-state index contributed by atoms with van der Waals surface area (Å²) < 4.78 is 0. The molecule has 1 heterocycles. The van der Waals surface area contributed by atoms with Gasteiger partial charge in [-0.15, -0.1) is 5.73 Å². The molecule has 31 heavy (non-hydrogen) atoms. The number of anilines is 1. The predicted octanol–water partition coefficient (Wildman–Crippen LogP) is 7.51. The predicted molar refractivity (Wildman–Crippen MR) is 133 cm³/mol. The Bertz CT molecular complexity index is 1110. The monoisotopic (exact) mass is 406 g/mol. The minimum atomic E-state index is -0.0419. The summed E-state index contributed by atoms with van der Waals surface area (Å²) in [5.41, 5.74) is 11.1. The van der Waals surface area contributed by atoms with Crippen LogP contribution in [0.15, 0.2) is 96.8 Å². The van der Waals surface area contributed by atoms with E-state index in [4.69, 9.17) is 4.98 Å². The van der Waals surface area contributed by atoms with E-state index in [1.807, 2.05) is 55.5 Å². The first-order valence-electron chi connectivity index (χ1n) is 10.6. The number of hydrogen-bond acceptors (Lipinski definition) is 2. The smallest absolute Gasteiger partial charge is 0.0940 e. The van der Waals surface area contributed by atoms with Gasteiger partial charge in [-0.25, -0.2) is 0 Å². The average molecular weight is 407 g/mol. The summed E-state index contributed by atoms with van der Waals surface area (Å²) in [6.45, 7) is 8.44. The molecule has 156 valence electrons. The summed E-state index contributed by atoms with van der Waals surface area (Å²) in [7, 11) is 0. The van der Waals surface area contributed by atoms with Gasteiger partial charge in [0.05, 0.1) is 17.4 Å². The Morgan fingerprint density at radius 3 is 2.29 bits per heavy atom. The molecule has 2 aromatic carbocycles. The van der Waals surface area contributed by atoms with Gasteiger partial charge in [0.2, 0.25) is 0 Å². The van der Waals surface area contributed by atoms with Crippen LogP contribution in [0.2, 0.25) is 0 Å². The number of benzene rings is 2. The van der Waals surface area contributed by atoms with Crippen molar-refractivity contribution in [3.8, 4) is 0 Å². The van der Waals surface area contributed by atoms with E-state index in [0.29, 0.717) is 0 Å². The summed E-state index contributed by atoms with van der Waals surface area (Å²) in [5.74, 6) is 0. The largest absolute Gasteiger partial charge is 0.372 e. The first-order chi connectivity index (χ1) is 15.1. The lowest BCUT2D eigenvalue weighted by Crippen LogP contribution is -2.16. The average Bonchev–Trinajstić information content (AvgIpc) is 2.76. The van der Waals surface area contributed by atoms with Crippen molar-refractivity contribution in [2.45, 2.75) is 33.7 Å². The van der Waals surface area contributed by atoms with Crippen LogP contribution >= 0.6 is 0 Å². The molecular weight excluding hydrogens is 376 g/mol. The van der Waals surface area contributed by atoms with Crippen molar-refractivity contribution in [1.29, 1.82) is 0 Å². The molecular formula is C29H30N2. The molecule has 1 aromatic heterocycles. The van der Waals surface area contributed by atoms with Crippen LogP contribution in [0, 0.1) is 20.8 Å². The van der Waals surface area contributed by atoms with Crippen molar-refractivity contribution in [2.75, 3.05) is 5.32 Å². The molecule has 0 aliphatic rings. The second-order valence-corrected chi connectivity index (χ2v) is 7.63. The normalized spacial score (nSPS) is 12.0. The van der Waals surface area contributed by atoms with Crippen molar-refractivity contribution in [3.05, 3.63) is 130 Å². The number of allylic oxidation sites excluding steroid dienone is 4. The lowest BCUT2D eigenvalue weighted by Gasteiger charge is -2.23. The van der Waals surface area contributed by atoms with E-state index in [1.54, 1.807) is 0 Å². The maximum atomic E-state index is 4.94. The summed E-state index contributed by atoms with van der Waals surface area (Å²) >= 11 is 0. The topological polar surface area (TPSA) is 24.9 Å². The fraction of sp³-hybridized carbons (Fsp3) is 0.172. The first kappa shape index (κ1) is 22.1.